The fraction of sp³-hybridized carbons (Fsp3) is 0.294. The number of nitrogens with one attached hydrogen (secondary N) is 1. The van der Waals surface area contributed by atoms with E-state index in [1.165, 1.54) is 0 Å². The van der Waals surface area contributed by atoms with Gasteiger partial charge in [-0.25, -0.2) is 9.37 Å². The second-order valence-corrected chi connectivity index (χ2v) is 5.10. The van der Waals surface area contributed by atoms with Gasteiger partial charge in [-0.15, -0.1) is 0 Å². The maximum Gasteiger partial charge on any atom is 0.260 e. The van der Waals surface area contributed by atoms with E-state index in [9.17, 15) is 9.18 Å². The number of hydrogen-bond donors (Lipinski definition) is 2. The van der Waals surface area contributed by atoms with Gasteiger partial charge in [0.15, 0.2) is 5.82 Å². The van der Waals surface area contributed by atoms with E-state index in [1.54, 1.807) is 24.3 Å². The zero-order valence-corrected chi connectivity index (χ0v) is 13.8. The Morgan fingerprint density at radius 3 is 2.92 bits per heavy atom. The van der Waals surface area contributed by atoms with Gasteiger partial charge >= 0.3 is 0 Å². The minimum Gasteiger partial charge on any atom is -0.474 e. The predicted molar refractivity (Wildman–Crippen MR) is 90.7 cm³/mol. The number of nitrogen functional groups attached to an aromatic ring is 1. The fourth-order valence-corrected chi connectivity index (χ4v) is 2.09. The molecule has 2 aromatic rings. The van der Waals surface area contributed by atoms with Crippen LogP contribution in [-0.2, 0) is 0 Å². The van der Waals surface area contributed by atoms with Crippen molar-refractivity contribution in [2.24, 2.45) is 0 Å². The first-order valence-corrected chi connectivity index (χ1v) is 7.75. The van der Waals surface area contributed by atoms with Crippen LogP contribution in [0.15, 0.2) is 24.3 Å². The third kappa shape index (κ3) is 4.41. The molecule has 1 aromatic carbocycles. The van der Waals surface area contributed by atoms with Crippen molar-refractivity contribution in [3.05, 3.63) is 35.4 Å². The van der Waals surface area contributed by atoms with Crippen molar-refractivity contribution >= 4 is 11.7 Å². The summed E-state index contributed by atoms with van der Waals surface area (Å²) >= 11 is 0. The van der Waals surface area contributed by atoms with E-state index in [1.807, 2.05) is 13.0 Å². The number of carbonyl (C=O) groups excluding carboxylic acids is 1. The smallest absolute Gasteiger partial charge is 0.260 e. The first-order chi connectivity index (χ1) is 12.1. The van der Waals surface area contributed by atoms with Crippen LogP contribution in [0.5, 0.6) is 5.88 Å². The summed E-state index contributed by atoms with van der Waals surface area (Å²) in [6.07, 6.45) is 0.742. The Morgan fingerprint density at radius 2 is 2.24 bits per heavy atom. The van der Waals surface area contributed by atoms with E-state index in [0.29, 0.717) is 17.7 Å². The number of amides is 1. The lowest BCUT2D eigenvalue weighted by Gasteiger charge is -2.13. The molecule has 2 rings (SSSR count). The lowest BCUT2D eigenvalue weighted by atomic mass is 10.1. The van der Waals surface area contributed by atoms with Crippen LogP contribution in [0, 0.1) is 11.3 Å². The Morgan fingerprint density at radius 1 is 1.44 bits per heavy atom. The minimum absolute atomic E-state index is 0.0258. The average molecular weight is 343 g/mol. The molecule has 130 valence electrons. The van der Waals surface area contributed by atoms with Crippen LogP contribution in [0.2, 0.25) is 0 Å². The molecule has 1 amide bonds. The topological polar surface area (TPSA) is 114 Å². The molecule has 25 heavy (non-hydrogen) atoms. The number of alkyl halides is 1. The predicted octanol–water partition coefficient (Wildman–Crippen LogP) is 2.09. The number of nitrogens with zero attached hydrogens (tertiary/aromatic N) is 3. The third-order valence-electron chi connectivity index (χ3n) is 3.23. The van der Waals surface area contributed by atoms with Crippen molar-refractivity contribution in [3.63, 3.8) is 0 Å². The minimum atomic E-state index is -0.737. The zero-order chi connectivity index (χ0) is 18.2. The molecule has 8 heteroatoms. The number of rotatable bonds is 7. The second-order valence-electron chi connectivity index (χ2n) is 5.10. The van der Waals surface area contributed by atoms with Gasteiger partial charge in [-0.3, -0.25) is 4.79 Å². The van der Waals surface area contributed by atoms with Crippen LogP contribution >= 0.6 is 0 Å². The highest BCUT2D eigenvalue weighted by Crippen LogP contribution is 2.26. The maximum atomic E-state index is 12.5. The summed E-state index contributed by atoms with van der Waals surface area (Å²) in [5.74, 6) is -0.452. The van der Waals surface area contributed by atoms with Crippen molar-refractivity contribution in [1.29, 1.82) is 5.26 Å². The normalized spacial score (nSPS) is 10.1. The molecule has 3 N–H and O–H groups in total. The fourth-order valence-electron chi connectivity index (χ4n) is 2.09. The van der Waals surface area contributed by atoms with Crippen LogP contribution in [0.4, 0.5) is 10.2 Å². The summed E-state index contributed by atoms with van der Waals surface area (Å²) < 4.78 is 17.8. The molecular formula is C17H18FN5O2. The van der Waals surface area contributed by atoms with Crippen LogP contribution in [0.1, 0.15) is 29.3 Å². The highest BCUT2D eigenvalue weighted by Gasteiger charge is 2.21. The van der Waals surface area contributed by atoms with Gasteiger partial charge < -0.3 is 15.8 Å². The molecule has 0 aliphatic rings. The third-order valence-corrected chi connectivity index (χ3v) is 3.23. The standard InChI is InChI=1S/C17H18FN5O2/c1-2-7-21-16(24)13-14(20)22-15(23-17(13)25-8-6-18)12-5-3-4-11(9-12)10-19/h3-5,9H,2,6-8H2,1H3,(H,21,24)(H2,20,22,23). The van der Waals surface area contributed by atoms with Gasteiger partial charge in [0.05, 0.1) is 11.6 Å². The number of anilines is 1. The largest absolute Gasteiger partial charge is 0.474 e. The van der Waals surface area contributed by atoms with Gasteiger partial charge in [0.2, 0.25) is 5.88 Å². The zero-order valence-electron chi connectivity index (χ0n) is 13.8. The molecule has 0 bridgehead atoms. The second kappa shape index (κ2) is 8.59. The van der Waals surface area contributed by atoms with Crippen LogP contribution < -0.4 is 15.8 Å². The van der Waals surface area contributed by atoms with Crippen molar-refractivity contribution in [2.75, 3.05) is 25.6 Å². The Bertz CT molecular complexity index is 804. The number of ether oxygens (including phenoxy) is 1. The van der Waals surface area contributed by atoms with E-state index >= 15 is 0 Å². The monoisotopic (exact) mass is 343 g/mol. The first-order valence-electron chi connectivity index (χ1n) is 7.75. The molecule has 1 heterocycles. The van der Waals surface area contributed by atoms with E-state index < -0.39 is 12.6 Å². The van der Waals surface area contributed by atoms with Crippen molar-refractivity contribution < 1.29 is 13.9 Å². The summed E-state index contributed by atoms with van der Waals surface area (Å²) in [6.45, 7) is 1.36. The van der Waals surface area contributed by atoms with Crippen molar-refractivity contribution in [1.82, 2.24) is 15.3 Å². The molecule has 0 aliphatic heterocycles. The molecule has 7 nitrogen and oxygen atoms in total. The Balaban J connectivity index is 2.48. The number of carbonyl (C=O) groups is 1. The number of nitriles is 1. The van der Waals surface area contributed by atoms with Crippen molar-refractivity contribution in [2.45, 2.75) is 13.3 Å². The van der Waals surface area contributed by atoms with Crippen LogP contribution in [-0.4, -0.2) is 35.7 Å². The quantitative estimate of drug-likeness (QED) is 0.795. The number of halogens is 1. The van der Waals surface area contributed by atoms with E-state index in [0.717, 1.165) is 6.42 Å². The number of nitrogens with two attached hydrogens (primary N) is 1. The van der Waals surface area contributed by atoms with Crippen LogP contribution in [0.3, 0.4) is 0 Å². The van der Waals surface area contributed by atoms with E-state index in [2.05, 4.69) is 15.3 Å². The number of aromatic nitrogens is 2. The van der Waals surface area contributed by atoms with E-state index in [4.69, 9.17) is 15.7 Å². The molecule has 0 aliphatic carbocycles. The lowest BCUT2D eigenvalue weighted by Crippen LogP contribution is -2.26. The summed E-state index contributed by atoms with van der Waals surface area (Å²) in [4.78, 5) is 20.6. The molecular weight excluding hydrogens is 325 g/mol. The van der Waals surface area contributed by atoms with Crippen molar-refractivity contribution in [3.8, 4) is 23.3 Å². The average Bonchev–Trinajstić information content (AvgIpc) is 2.64. The Labute approximate surface area is 144 Å². The lowest BCUT2D eigenvalue weighted by molar-refractivity contribution is 0.0948. The highest BCUT2D eigenvalue weighted by molar-refractivity contribution is 6.00. The van der Waals surface area contributed by atoms with Gasteiger partial charge in [0.1, 0.15) is 24.7 Å². The SMILES string of the molecule is CCCNC(=O)c1c(N)nc(-c2cccc(C#N)c2)nc1OCCF. The molecule has 0 fully saturated rings. The molecule has 0 radical (unpaired) electrons. The summed E-state index contributed by atoms with van der Waals surface area (Å²) in [7, 11) is 0. The van der Waals surface area contributed by atoms with Gasteiger partial charge in [-0.2, -0.15) is 10.2 Å². The van der Waals surface area contributed by atoms with E-state index in [-0.39, 0.29) is 29.7 Å². The molecule has 0 spiro atoms. The maximum absolute atomic E-state index is 12.5. The molecule has 0 unspecified atom stereocenters. The van der Waals surface area contributed by atoms with Crippen LogP contribution in [0.25, 0.3) is 11.4 Å². The Kier molecular flexibility index (Phi) is 6.23. The first kappa shape index (κ1) is 18.1. The highest BCUT2D eigenvalue weighted by atomic mass is 19.1. The van der Waals surface area contributed by atoms with Gasteiger partial charge in [-0.1, -0.05) is 19.1 Å². The summed E-state index contributed by atoms with van der Waals surface area (Å²) in [5, 5.41) is 11.7. The molecule has 1 aromatic heterocycles. The van der Waals surface area contributed by atoms with Gasteiger partial charge in [0.25, 0.3) is 5.91 Å². The Hall–Kier alpha value is -3.21. The molecule has 0 saturated carbocycles. The van der Waals surface area contributed by atoms with Gasteiger partial charge in [-0.05, 0) is 18.6 Å². The number of benzene rings is 1. The molecule has 0 atom stereocenters. The number of hydrogen-bond acceptors (Lipinski definition) is 6. The summed E-state index contributed by atoms with van der Waals surface area (Å²) in [6, 6.07) is 8.63. The van der Waals surface area contributed by atoms with Gasteiger partial charge in [0, 0.05) is 12.1 Å². The molecule has 0 saturated heterocycles. The summed E-state index contributed by atoms with van der Waals surface area (Å²) in [5.41, 5.74) is 6.86.